The van der Waals surface area contributed by atoms with Gasteiger partial charge >= 0.3 is 0 Å². The Labute approximate surface area is 114 Å². The molecule has 1 aromatic heterocycles. The monoisotopic (exact) mass is 262 g/mol. The van der Waals surface area contributed by atoms with Crippen LogP contribution >= 0.6 is 0 Å². The van der Waals surface area contributed by atoms with E-state index in [4.69, 9.17) is 0 Å². The first-order valence-corrected chi connectivity index (χ1v) is 6.35. The van der Waals surface area contributed by atoms with E-state index in [0.717, 1.165) is 5.56 Å². The topological polar surface area (TPSA) is 52.0 Å². The van der Waals surface area contributed by atoms with Crippen LogP contribution in [0, 0.1) is 6.92 Å². The Morgan fingerprint density at radius 3 is 2.65 bits per heavy atom. The Morgan fingerprint density at radius 1 is 1.00 bits per heavy atom. The van der Waals surface area contributed by atoms with E-state index in [1.807, 2.05) is 25.1 Å². The van der Waals surface area contributed by atoms with Gasteiger partial charge in [0.05, 0.1) is 22.2 Å². The molecule has 4 nitrogen and oxygen atoms in total. The molecule has 1 aliphatic heterocycles. The number of fused-ring (bicyclic) bond motifs is 4. The molecular formula is C16H10N2O2. The fourth-order valence-corrected chi connectivity index (χ4v) is 2.75. The number of nitrogens with zero attached hydrogens (tertiary/aromatic N) is 2. The second kappa shape index (κ2) is 3.63. The van der Waals surface area contributed by atoms with Gasteiger partial charge in [-0.25, -0.2) is 4.98 Å². The van der Waals surface area contributed by atoms with Crippen molar-refractivity contribution >= 4 is 16.7 Å². The standard InChI is InChI=1S/C16H10N2O2/c1-9-5-4-8-12-13(9)14(19)15-17-11-7-3-2-6-10(11)16(20)18(12)15/h2-8H,1H3. The van der Waals surface area contributed by atoms with Crippen molar-refractivity contribution in [3.8, 4) is 5.69 Å². The molecule has 0 bridgehead atoms. The molecule has 3 aromatic rings. The number of aromatic nitrogens is 2. The molecule has 0 unspecified atom stereocenters. The predicted molar refractivity (Wildman–Crippen MR) is 75.5 cm³/mol. The summed E-state index contributed by atoms with van der Waals surface area (Å²) >= 11 is 0. The number of para-hydroxylation sites is 1. The highest BCUT2D eigenvalue weighted by atomic mass is 16.1. The van der Waals surface area contributed by atoms with E-state index < -0.39 is 0 Å². The van der Waals surface area contributed by atoms with Crippen molar-refractivity contribution in [2.45, 2.75) is 6.92 Å². The highest BCUT2D eigenvalue weighted by molar-refractivity contribution is 6.14. The summed E-state index contributed by atoms with van der Waals surface area (Å²) in [7, 11) is 0. The molecule has 0 radical (unpaired) electrons. The first-order chi connectivity index (χ1) is 9.68. The molecule has 4 rings (SSSR count). The van der Waals surface area contributed by atoms with Crippen molar-refractivity contribution < 1.29 is 4.79 Å². The zero-order chi connectivity index (χ0) is 13.9. The summed E-state index contributed by atoms with van der Waals surface area (Å²) in [5, 5.41) is 0.526. The number of rotatable bonds is 0. The van der Waals surface area contributed by atoms with Gasteiger partial charge in [0.15, 0.2) is 5.82 Å². The van der Waals surface area contributed by atoms with Crippen LogP contribution in [0.15, 0.2) is 47.3 Å². The third-order valence-corrected chi connectivity index (χ3v) is 3.70. The number of ketones is 1. The molecule has 0 fully saturated rings. The minimum Gasteiger partial charge on any atom is -0.285 e. The molecule has 20 heavy (non-hydrogen) atoms. The number of carbonyl (C=O) groups excluding carboxylic acids is 1. The van der Waals surface area contributed by atoms with Crippen LogP contribution in [0.1, 0.15) is 21.7 Å². The van der Waals surface area contributed by atoms with Crippen LogP contribution in [0.3, 0.4) is 0 Å². The van der Waals surface area contributed by atoms with Crippen molar-refractivity contribution in [3.05, 3.63) is 69.8 Å². The van der Waals surface area contributed by atoms with Crippen LogP contribution in [0.5, 0.6) is 0 Å². The van der Waals surface area contributed by atoms with Crippen molar-refractivity contribution in [3.63, 3.8) is 0 Å². The highest BCUT2D eigenvalue weighted by Crippen LogP contribution is 2.28. The Hall–Kier alpha value is -2.75. The van der Waals surface area contributed by atoms with E-state index >= 15 is 0 Å². The van der Waals surface area contributed by atoms with Crippen LogP contribution in [0.25, 0.3) is 16.6 Å². The SMILES string of the molecule is Cc1cccc2c1C(=O)c1nc3ccccc3c(=O)n1-2. The van der Waals surface area contributed by atoms with Gasteiger partial charge in [0.25, 0.3) is 5.56 Å². The van der Waals surface area contributed by atoms with E-state index in [1.165, 1.54) is 4.57 Å². The summed E-state index contributed by atoms with van der Waals surface area (Å²) in [6.45, 7) is 1.87. The van der Waals surface area contributed by atoms with Crippen LogP contribution in [-0.2, 0) is 0 Å². The largest absolute Gasteiger partial charge is 0.285 e. The molecule has 0 saturated heterocycles. The summed E-state index contributed by atoms with van der Waals surface area (Å²) in [6, 6.07) is 12.6. The quantitative estimate of drug-likeness (QED) is 0.488. The number of hydrogen-bond acceptors (Lipinski definition) is 3. The van der Waals surface area contributed by atoms with Crippen molar-refractivity contribution in [1.29, 1.82) is 0 Å². The molecule has 4 heteroatoms. The van der Waals surface area contributed by atoms with Crippen LogP contribution < -0.4 is 5.56 Å². The molecule has 2 heterocycles. The van der Waals surface area contributed by atoms with Gasteiger partial charge in [-0.1, -0.05) is 24.3 Å². The third kappa shape index (κ3) is 1.23. The molecular weight excluding hydrogens is 252 g/mol. The minimum absolute atomic E-state index is 0.180. The first kappa shape index (κ1) is 11.1. The first-order valence-electron chi connectivity index (χ1n) is 6.35. The summed E-state index contributed by atoms with van der Waals surface area (Å²) in [5.41, 5.74) is 2.44. The lowest BCUT2D eigenvalue weighted by atomic mass is 10.1. The van der Waals surface area contributed by atoms with Crippen LogP contribution in [0.4, 0.5) is 0 Å². The second-order valence-electron chi connectivity index (χ2n) is 4.89. The maximum atomic E-state index is 12.6. The molecule has 0 amide bonds. The van der Waals surface area contributed by atoms with Gasteiger partial charge in [0.2, 0.25) is 5.78 Å². The molecule has 2 aromatic carbocycles. The fourth-order valence-electron chi connectivity index (χ4n) is 2.75. The van der Waals surface area contributed by atoms with E-state index in [-0.39, 0.29) is 17.2 Å². The number of aryl methyl sites for hydroxylation is 1. The third-order valence-electron chi connectivity index (χ3n) is 3.70. The summed E-state index contributed by atoms with van der Waals surface area (Å²) in [4.78, 5) is 29.5. The summed E-state index contributed by atoms with van der Waals surface area (Å²) < 4.78 is 1.42. The van der Waals surface area contributed by atoms with E-state index in [1.54, 1.807) is 24.3 Å². The highest BCUT2D eigenvalue weighted by Gasteiger charge is 2.31. The molecule has 1 aliphatic rings. The Kier molecular flexibility index (Phi) is 2.02. The van der Waals surface area contributed by atoms with Crippen molar-refractivity contribution in [2.24, 2.45) is 0 Å². The lowest BCUT2D eigenvalue weighted by molar-refractivity contribution is 0.103. The van der Waals surface area contributed by atoms with Crippen LogP contribution in [-0.4, -0.2) is 15.3 Å². The molecule has 0 N–H and O–H groups in total. The van der Waals surface area contributed by atoms with Gasteiger partial charge in [-0.2, -0.15) is 0 Å². The Balaban J connectivity index is 2.23. The number of benzene rings is 2. The summed E-state index contributed by atoms with van der Waals surface area (Å²) in [6.07, 6.45) is 0. The molecule has 0 spiro atoms. The Morgan fingerprint density at radius 2 is 1.80 bits per heavy atom. The average Bonchev–Trinajstić information content (AvgIpc) is 2.74. The molecule has 0 saturated carbocycles. The minimum atomic E-state index is -0.191. The zero-order valence-corrected chi connectivity index (χ0v) is 10.8. The maximum absolute atomic E-state index is 12.6. The lowest BCUT2D eigenvalue weighted by Gasteiger charge is -2.05. The lowest BCUT2D eigenvalue weighted by Crippen LogP contribution is -2.21. The predicted octanol–water partition coefficient (Wildman–Crippen LogP) is 2.24. The molecule has 0 aliphatic carbocycles. The molecule has 96 valence electrons. The van der Waals surface area contributed by atoms with E-state index in [0.29, 0.717) is 22.2 Å². The van der Waals surface area contributed by atoms with Gasteiger partial charge in [-0.15, -0.1) is 0 Å². The number of hydrogen-bond donors (Lipinski definition) is 0. The van der Waals surface area contributed by atoms with Crippen LogP contribution in [0.2, 0.25) is 0 Å². The fraction of sp³-hybridized carbons (Fsp3) is 0.0625. The maximum Gasteiger partial charge on any atom is 0.266 e. The molecule has 0 atom stereocenters. The average molecular weight is 262 g/mol. The van der Waals surface area contributed by atoms with E-state index in [9.17, 15) is 9.59 Å². The number of carbonyl (C=O) groups is 1. The van der Waals surface area contributed by atoms with Crippen molar-refractivity contribution in [2.75, 3.05) is 0 Å². The Bertz CT molecular complexity index is 954. The second-order valence-corrected chi connectivity index (χ2v) is 4.89. The van der Waals surface area contributed by atoms with Crippen molar-refractivity contribution in [1.82, 2.24) is 9.55 Å². The summed E-state index contributed by atoms with van der Waals surface area (Å²) in [5.74, 6) is 0.0268. The van der Waals surface area contributed by atoms with Gasteiger partial charge in [-0.3, -0.25) is 14.2 Å². The normalized spacial score (nSPS) is 12.6. The zero-order valence-electron chi connectivity index (χ0n) is 10.8. The van der Waals surface area contributed by atoms with E-state index in [2.05, 4.69) is 4.98 Å². The van der Waals surface area contributed by atoms with Gasteiger partial charge in [0, 0.05) is 0 Å². The van der Waals surface area contributed by atoms with Gasteiger partial charge in [-0.05, 0) is 30.7 Å². The smallest absolute Gasteiger partial charge is 0.266 e. The van der Waals surface area contributed by atoms with Gasteiger partial charge in [0.1, 0.15) is 0 Å². The van der Waals surface area contributed by atoms with Gasteiger partial charge < -0.3 is 0 Å².